The highest BCUT2D eigenvalue weighted by Gasteiger charge is 2.29. The summed E-state index contributed by atoms with van der Waals surface area (Å²) in [6.45, 7) is 2.21. The molecule has 2 aliphatic rings. The summed E-state index contributed by atoms with van der Waals surface area (Å²) in [6.07, 6.45) is 0. The minimum absolute atomic E-state index is 0.0138. The van der Waals surface area contributed by atoms with Crippen LogP contribution in [-0.2, 0) is 39.5 Å². The van der Waals surface area contributed by atoms with Crippen LogP contribution in [0.4, 0.5) is 10.3 Å². The fourth-order valence-electron chi connectivity index (χ4n) is 5.32. The molecule has 0 bridgehead atoms. The van der Waals surface area contributed by atoms with E-state index >= 15 is 0 Å². The van der Waals surface area contributed by atoms with Crippen LogP contribution in [0.1, 0.15) is 10.4 Å². The van der Waals surface area contributed by atoms with Gasteiger partial charge in [0.1, 0.15) is 4.90 Å². The van der Waals surface area contributed by atoms with Crippen LogP contribution in [0.3, 0.4) is 0 Å². The highest BCUT2D eigenvalue weighted by atomic mass is 32.2. The van der Waals surface area contributed by atoms with Crippen molar-refractivity contribution in [3.8, 4) is 0 Å². The second-order valence-electron chi connectivity index (χ2n) is 10.9. The standard InChI is InChI=1S/C29H28N6O9S5/c36-27(32-28-30-22-7-5-19(17-24(22)45-28)48(39,40)34-9-13-43-14-10-34)21-3-1-2-4-26(21)47(37,38)33-29-31-23-8-6-20(18-25(23)46-29)49(41,42)35-11-15-44-16-12-35/h1-8,17-18H,9-16H2,(H,31,33)(H,30,32,36). The third-order valence-corrected chi connectivity index (χ3v) is 15.0. The van der Waals surface area contributed by atoms with E-state index in [0.29, 0.717) is 46.9 Å². The third kappa shape index (κ3) is 6.79. The molecule has 2 saturated heterocycles. The molecule has 4 heterocycles. The van der Waals surface area contributed by atoms with Gasteiger partial charge in [-0.3, -0.25) is 14.8 Å². The molecule has 0 spiro atoms. The summed E-state index contributed by atoms with van der Waals surface area (Å²) in [5.41, 5.74) is 0.691. The maximum Gasteiger partial charge on any atom is 0.264 e. The summed E-state index contributed by atoms with van der Waals surface area (Å²) in [7, 11) is -11.9. The van der Waals surface area contributed by atoms with Gasteiger partial charge < -0.3 is 9.47 Å². The molecule has 2 fully saturated rings. The predicted octanol–water partition coefficient (Wildman–Crippen LogP) is 3.00. The van der Waals surface area contributed by atoms with Gasteiger partial charge in [0.05, 0.1) is 62.2 Å². The normalized spacial score (nSPS) is 17.0. The minimum atomic E-state index is -4.34. The summed E-state index contributed by atoms with van der Waals surface area (Å²) < 4.78 is 96.2. The number of fused-ring (bicyclic) bond motifs is 2. The monoisotopic (exact) mass is 764 g/mol. The zero-order valence-electron chi connectivity index (χ0n) is 25.4. The highest BCUT2D eigenvalue weighted by Crippen LogP contribution is 2.33. The second-order valence-corrected chi connectivity index (χ2v) is 18.5. The fraction of sp³-hybridized carbons (Fsp3) is 0.276. The average Bonchev–Trinajstić information content (AvgIpc) is 3.70. The van der Waals surface area contributed by atoms with Gasteiger partial charge in [-0.05, 0) is 48.5 Å². The first-order chi connectivity index (χ1) is 23.4. The molecule has 20 heteroatoms. The van der Waals surface area contributed by atoms with E-state index in [1.807, 2.05) is 0 Å². The Kier molecular flexibility index (Phi) is 9.17. The molecule has 1 amide bonds. The first kappa shape index (κ1) is 33.9. The van der Waals surface area contributed by atoms with E-state index in [9.17, 15) is 30.0 Å². The molecule has 0 unspecified atom stereocenters. The number of aromatic nitrogens is 2. The maximum absolute atomic E-state index is 13.6. The van der Waals surface area contributed by atoms with Gasteiger partial charge in [0, 0.05) is 26.2 Å². The fourth-order valence-corrected chi connectivity index (χ4v) is 11.6. The number of nitrogens with zero attached hydrogens (tertiary/aromatic N) is 4. The summed E-state index contributed by atoms with van der Waals surface area (Å²) in [5.74, 6) is -0.747. The van der Waals surface area contributed by atoms with Crippen LogP contribution in [0.2, 0.25) is 0 Å². The lowest BCUT2D eigenvalue weighted by atomic mass is 10.2. The molecule has 15 nitrogen and oxygen atoms in total. The third-order valence-electron chi connectivity index (χ3n) is 7.80. The quantitative estimate of drug-likeness (QED) is 0.224. The summed E-state index contributed by atoms with van der Waals surface area (Å²) in [5, 5.41) is 2.77. The van der Waals surface area contributed by atoms with Crippen molar-refractivity contribution >= 4 is 89.3 Å². The van der Waals surface area contributed by atoms with Gasteiger partial charge in [-0.25, -0.2) is 35.2 Å². The number of morpholine rings is 2. The first-order valence-corrected chi connectivity index (χ1v) is 20.8. The van der Waals surface area contributed by atoms with E-state index in [1.165, 1.54) is 63.2 Å². The van der Waals surface area contributed by atoms with Crippen LogP contribution in [-0.4, -0.2) is 102 Å². The molecule has 2 N–H and O–H groups in total. The molecule has 3 aromatic carbocycles. The lowest BCUT2D eigenvalue weighted by Crippen LogP contribution is -2.40. The van der Waals surface area contributed by atoms with Crippen molar-refractivity contribution in [3.63, 3.8) is 0 Å². The predicted molar refractivity (Wildman–Crippen MR) is 184 cm³/mol. The van der Waals surface area contributed by atoms with Crippen molar-refractivity contribution in [3.05, 3.63) is 66.2 Å². The number of amides is 1. The van der Waals surface area contributed by atoms with Crippen LogP contribution < -0.4 is 10.0 Å². The average molecular weight is 765 g/mol. The Morgan fingerprint density at radius 1 is 0.673 bits per heavy atom. The zero-order chi connectivity index (χ0) is 34.4. The number of anilines is 2. The van der Waals surface area contributed by atoms with Crippen molar-refractivity contribution in [2.24, 2.45) is 0 Å². The van der Waals surface area contributed by atoms with Gasteiger partial charge >= 0.3 is 0 Å². The minimum Gasteiger partial charge on any atom is -0.379 e. The lowest BCUT2D eigenvalue weighted by molar-refractivity contribution is 0.0730. The van der Waals surface area contributed by atoms with Crippen molar-refractivity contribution in [1.29, 1.82) is 0 Å². The van der Waals surface area contributed by atoms with E-state index in [-0.39, 0.29) is 56.7 Å². The zero-order valence-corrected chi connectivity index (χ0v) is 29.5. The summed E-state index contributed by atoms with van der Waals surface area (Å²) in [6, 6.07) is 14.5. The number of thiazole rings is 2. The number of rotatable bonds is 9. The van der Waals surface area contributed by atoms with Crippen LogP contribution >= 0.6 is 22.7 Å². The molecule has 0 radical (unpaired) electrons. The summed E-state index contributed by atoms with van der Waals surface area (Å²) in [4.78, 5) is 22.0. The number of hydrogen-bond acceptors (Lipinski definition) is 13. The van der Waals surface area contributed by atoms with Gasteiger partial charge in [-0.15, -0.1) is 0 Å². The first-order valence-electron chi connectivity index (χ1n) is 14.8. The Morgan fingerprint density at radius 2 is 1.16 bits per heavy atom. The molecule has 0 saturated carbocycles. The van der Waals surface area contributed by atoms with E-state index < -0.39 is 36.0 Å². The molecule has 2 aromatic heterocycles. The maximum atomic E-state index is 13.6. The molecule has 2 aliphatic heterocycles. The van der Waals surface area contributed by atoms with Crippen LogP contribution in [0, 0.1) is 0 Å². The lowest BCUT2D eigenvalue weighted by Gasteiger charge is -2.25. The van der Waals surface area contributed by atoms with Crippen molar-refractivity contribution in [2.75, 3.05) is 62.6 Å². The largest absolute Gasteiger partial charge is 0.379 e. The van der Waals surface area contributed by atoms with E-state index in [2.05, 4.69) is 20.0 Å². The molecule has 7 rings (SSSR count). The molecular weight excluding hydrogens is 737 g/mol. The number of nitrogens with one attached hydrogen (secondary N) is 2. The Labute approximate surface area is 289 Å². The highest BCUT2D eigenvalue weighted by molar-refractivity contribution is 7.93. The smallest absolute Gasteiger partial charge is 0.264 e. The van der Waals surface area contributed by atoms with Crippen molar-refractivity contribution < 1.29 is 39.5 Å². The number of benzene rings is 3. The summed E-state index contributed by atoms with van der Waals surface area (Å²) >= 11 is 2.01. The van der Waals surface area contributed by atoms with Gasteiger partial charge in [0.25, 0.3) is 15.9 Å². The number of hydrogen-bond donors (Lipinski definition) is 2. The number of sulfonamides is 3. The van der Waals surface area contributed by atoms with Crippen LogP contribution in [0.5, 0.6) is 0 Å². The Hall–Kier alpha value is -3.60. The van der Waals surface area contributed by atoms with E-state index in [4.69, 9.17) is 9.47 Å². The second kappa shape index (κ2) is 13.3. The van der Waals surface area contributed by atoms with Gasteiger partial charge in [-0.2, -0.15) is 8.61 Å². The topological polar surface area (TPSA) is 194 Å². The van der Waals surface area contributed by atoms with Crippen LogP contribution in [0.15, 0.2) is 75.4 Å². The van der Waals surface area contributed by atoms with E-state index in [0.717, 1.165) is 22.7 Å². The molecule has 0 aliphatic carbocycles. The van der Waals surface area contributed by atoms with Gasteiger partial charge in [-0.1, -0.05) is 34.8 Å². The molecule has 258 valence electrons. The van der Waals surface area contributed by atoms with Crippen LogP contribution in [0.25, 0.3) is 20.4 Å². The Bertz CT molecular complexity index is 2400. The molecule has 5 aromatic rings. The molecule has 49 heavy (non-hydrogen) atoms. The number of ether oxygens (including phenoxy) is 2. The Balaban J connectivity index is 1.10. The molecule has 0 atom stereocenters. The van der Waals surface area contributed by atoms with E-state index in [1.54, 1.807) is 6.07 Å². The molecular formula is C29H28N6O9S5. The van der Waals surface area contributed by atoms with Gasteiger partial charge in [0.2, 0.25) is 20.0 Å². The van der Waals surface area contributed by atoms with Crippen molar-refractivity contribution in [1.82, 2.24) is 18.6 Å². The number of carbonyl (C=O) groups is 1. The van der Waals surface area contributed by atoms with Gasteiger partial charge in [0.15, 0.2) is 10.3 Å². The number of carbonyl (C=O) groups excluding carboxylic acids is 1. The Morgan fingerprint density at radius 3 is 1.71 bits per heavy atom. The SMILES string of the molecule is O=C(Nc1nc2ccc(S(=O)(=O)N3CCOCC3)cc2s1)c1ccccc1S(=O)(=O)Nc1nc2ccc(S(=O)(=O)N3CCOCC3)cc2s1. The van der Waals surface area contributed by atoms with Crippen molar-refractivity contribution in [2.45, 2.75) is 14.7 Å².